The second kappa shape index (κ2) is 3.75. The molecule has 0 radical (unpaired) electrons. The van der Waals surface area contributed by atoms with Crippen molar-refractivity contribution in [2.45, 2.75) is 6.92 Å². The number of rotatable bonds is 2. The van der Waals surface area contributed by atoms with E-state index in [2.05, 4.69) is 9.36 Å². The second-order valence-corrected chi connectivity index (χ2v) is 3.82. The van der Waals surface area contributed by atoms with Crippen LogP contribution >= 0.6 is 11.5 Å². The summed E-state index contributed by atoms with van der Waals surface area (Å²) in [5.74, 6) is 1.64. The summed E-state index contributed by atoms with van der Waals surface area (Å²) in [4.78, 5) is 4.30. The number of nitrogens with zero attached hydrogens (tertiary/aromatic N) is 2. The molecule has 0 spiro atoms. The molecule has 0 atom stereocenters. The first-order valence-corrected chi connectivity index (χ1v) is 5.01. The van der Waals surface area contributed by atoms with E-state index in [9.17, 15) is 0 Å². The zero-order valence-electron chi connectivity index (χ0n) is 8.02. The molecule has 1 aromatic carbocycles. The Kier molecular flexibility index (Phi) is 2.45. The molecule has 0 N–H and O–H groups in total. The zero-order valence-corrected chi connectivity index (χ0v) is 8.84. The third-order valence-electron chi connectivity index (χ3n) is 1.88. The molecule has 0 aliphatic rings. The first kappa shape index (κ1) is 9.15. The SMILES string of the molecule is COc1ccc(-c2nsc(C)n2)cc1. The third kappa shape index (κ3) is 1.75. The number of benzene rings is 1. The molecule has 1 aromatic heterocycles. The normalized spacial score (nSPS) is 10.1. The lowest BCUT2D eigenvalue weighted by molar-refractivity contribution is 0.415. The van der Waals surface area contributed by atoms with Crippen LogP contribution in [0.2, 0.25) is 0 Å². The number of hydrogen-bond acceptors (Lipinski definition) is 4. The zero-order chi connectivity index (χ0) is 9.97. The van der Waals surface area contributed by atoms with Crippen LogP contribution in [0.15, 0.2) is 24.3 Å². The molecular weight excluding hydrogens is 196 g/mol. The number of ether oxygens (including phenoxy) is 1. The van der Waals surface area contributed by atoms with Gasteiger partial charge < -0.3 is 4.74 Å². The Morgan fingerprint density at radius 1 is 1.21 bits per heavy atom. The Hall–Kier alpha value is -1.42. The predicted octanol–water partition coefficient (Wildman–Crippen LogP) is 2.52. The number of aromatic nitrogens is 2. The second-order valence-electron chi connectivity index (χ2n) is 2.87. The van der Waals surface area contributed by atoms with Crippen LogP contribution in [0.4, 0.5) is 0 Å². The first-order valence-electron chi connectivity index (χ1n) is 4.24. The fraction of sp³-hybridized carbons (Fsp3) is 0.200. The highest BCUT2D eigenvalue weighted by atomic mass is 32.1. The molecule has 0 unspecified atom stereocenters. The van der Waals surface area contributed by atoms with Crippen molar-refractivity contribution >= 4 is 11.5 Å². The van der Waals surface area contributed by atoms with Crippen LogP contribution in [0.25, 0.3) is 11.4 Å². The van der Waals surface area contributed by atoms with Gasteiger partial charge in [0, 0.05) is 5.56 Å². The van der Waals surface area contributed by atoms with Gasteiger partial charge in [-0.05, 0) is 42.7 Å². The molecule has 4 heteroatoms. The Balaban J connectivity index is 2.33. The molecule has 2 aromatic rings. The van der Waals surface area contributed by atoms with E-state index in [1.807, 2.05) is 31.2 Å². The fourth-order valence-corrected chi connectivity index (χ4v) is 1.65. The van der Waals surface area contributed by atoms with Crippen molar-refractivity contribution in [3.8, 4) is 17.1 Å². The first-order chi connectivity index (χ1) is 6.79. The van der Waals surface area contributed by atoms with Gasteiger partial charge >= 0.3 is 0 Å². The van der Waals surface area contributed by atoms with E-state index in [1.54, 1.807) is 7.11 Å². The van der Waals surface area contributed by atoms with Gasteiger partial charge in [-0.15, -0.1) is 0 Å². The van der Waals surface area contributed by atoms with E-state index in [4.69, 9.17) is 4.74 Å². The molecule has 0 saturated carbocycles. The molecule has 0 fully saturated rings. The molecule has 2 rings (SSSR count). The third-order valence-corrected chi connectivity index (χ3v) is 2.50. The molecule has 0 amide bonds. The fourth-order valence-electron chi connectivity index (χ4n) is 1.16. The number of aryl methyl sites for hydroxylation is 1. The van der Waals surface area contributed by atoms with Gasteiger partial charge in [0.05, 0.1) is 7.11 Å². The van der Waals surface area contributed by atoms with Gasteiger partial charge in [0.25, 0.3) is 0 Å². The van der Waals surface area contributed by atoms with Gasteiger partial charge in [-0.2, -0.15) is 4.37 Å². The van der Waals surface area contributed by atoms with Crippen molar-refractivity contribution in [2.75, 3.05) is 7.11 Å². The van der Waals surface area contributed by atoms with Crippen molar-refractivity contribution in [1.29, 1.82) is 0 Å². The van der Waals surface area contributed by atoms with Gasteiger partial charge in [0.15, 0.2) is 5.82 Å². The van der Waals surface area contributed by atoms with E-state index in [0.717, 1.165) is 22.1 Å². The van der Waals surface area contributed by atoms with E-state index < -0.39 is 0 Å². The molecule has 1 heterocycles. The maximum absolute atomic E-state index is 5.07. The van der Waals surface area contributed by atoms with E-state index in [0.29, 0.717) is 0 Å². The van der Waals surface area contributed by atoms with Crippen molar-refractivity contribution < 1.29 is 4.74 Å². The minimum Gasteiger partial charge on any atom is -0.497 e. The van der Waals surface area contributed by atoms with E-state index in [1.165, 1.54) is 11.5 Å². The highest BCUT2D eigenvalue weighted by molar-refractivity contribution is 7.05. The van der Waals surface area contributed by atoms with Gasteiger partial charge in [0.2, 0.25) is 0 Å². The molecule has 0 saturated heterocycles. The Labute approximate surface area is 86.6 Å². The molecule has 0 bridgehead atoms. The molecule has 0 aliphatic heterocycles. The highest BCUT2D eigenvalue weighted by Gasteiger charge is 2.03. The van der Waals surface area contributed by atoms with Crippen molar-refractivity contribution in [3.05, 3.63) is 29.3 Å². The summed E-state index contributed by atoms with van der Waals surface area (Å²) in [7, 11) is 1.65. The smallest absolute Gasteiger partial charge is 0.173 e. The van der Waals surface area contributed by atoms with Crippen molar-refractivity contribution in [2.24, 2.45) is 0 Å². The van der Waals surface area contributed by atoms with Gasteiger partial charge in [-0.25, -0.2) is 4.98 Å². The van der Waals surface area contributed by atoms with Crippen molar-refractivity contribution in [1.82, 2.24) is 9.36 Å². The van der Waals surface area contributed by atoms with Crippen LogP contribution in [-0.4, -0.2) is 16.5 Å². The topological polar surface area (TPSA) is 35.0 Å². The Morgan fingerprint density at radius 2 is 1.93 bits per heavy atom. The average molecular weight is 206 g/mol. The summed E-state index contributed by atoms with van der Waals surface area (Å²) >= 11 is 1.42. The Bertz CT molecular complexity index is 422. The summed E-state index contributed by atoms with van der Waals surface area (Å²) in [6.45, 7) is 1.95. The van der Waals surface area contributed by atoms with E-state index in [-0.39, 0.29) is 0 Å². The van der Waals surface area contributed by atoms with Gasteiger partial charge in [-0.1, -0.05) is 0 Å². The average Bonchev–Trinajstić information content (AvgIpc) is 2.65. The number of hydrogen-bond donors (Lipinski definition) is 0. The summed E-state index contributed by atoms with van der Waals surface area (Å²) in [6.07, 6.45) is 0. The summed E-state index contributed by atoms with van der Waals surface area (Å²) in [5, 5.41) is 0.982. The summed E-state index contributed by atoms with van der Waals surface area (Å²) in [6, 6.07) is 7.73. The highest BCUT2D eigenvalue weighted by Crippen LogP contribution is 2.20. The minimum absolute atomic E-state index is 0.787. The quantitative estimate of drug-likeness (QED) is 0.757. The molecule has 0 aliphatic carbocycles. The predicted molar refractivity (Wildman–Crippen MR) is 56.6 cm³/mol. The largest absolute Gasteiger partial charge is 0.497 e. The van der Waals surface area contributed by atoms with Gasteiger partial charge in [-0.3, -0.25) is 0 Å². The lowest BCUT2D eigenvalue weighted by Gasteiger charge is -1.99. The molecular formula is C10H10N2OS. The van der Waals surface area contributed by atoms with Crippen LogP contribution in [0.5, 0.6) is 5.75 Å². The van der Waals surface area contributed by atoms with Gasteiger partial charge in [0.1, 0.15) is 10.8 Å². The monoisotopic (exact) mass is 206 g/mol. The maximum Gasteiger partial charge on any atom is 0.173 e. The van der Waals surface area contributed by atoms with Crippen LogP contribution < -0.4 is 4.74 Å². The lowest BCUT2D eigenvalue weighted by atomic mass is 10.2. The summed E-state index contributed by atoms with van der Waals surface area (Å²) in [5.41, 5.74) is 1.02. The lowest BCUT2D eigenvalue weighted by Crippen LogP contribution is -1.83. The molecule has 14 heavy (non-hydrogen) atoms. The van der Waals surface area contributed by atoms with Crippen molar-refractivity contribution in [3.63, 3.8) is 0 Å². The van der Waals surface area contributed by atoms with E-state index >= 15 is 0 Å². The minimum atomic E-state index is 0.787. The Morgan fingerprint density at radius 3 is 2.43 bits per heavy atom. The van der Waals surface area contributed by atoms with Crippen LogP contribution in [0, 0.1) is 6.92 Å². The number of methoxy groups -OCH3 is 1. The maximum atomic E-state index is 5.07. The van der Waals surface area contributed by atoms with Crippen LogP contribution in [-0.2, 0) is 0 Å². The van der Waals surface area contributed by atoms with Crippen LogP contribution in [0.1, 0.15) is 5.01 Å². The standard InChI is InChI=1S/C10H10N2OS/c1-7-11-10(12-14-7)8-3-5-9(13-2)6-4-8/h3-6H,1-2H3. The molecule has 3 nitrogen and oxygen atoms in total. The molecule has 72 valence electrons. The van der Waals surface area contributed by atoms with Crippen LogP contribution in [0.3, 0.4) is 0 Å². The summed E-state index contributed by atoms with van der Waals surface area (Å²) < 4.78 is 9.30.